The molecule has 280 valence electrons. The largest absolute Gasteiger partial charge is 0.790 e. The zero-order valence-corrected chi connectivity index (χ0v) is 31.3. The van der Waals surface area contributed by atoms with Crippen molar-refractivity contribution >= 4 is 46.9 Å². The maximum absolute atomic E-state index is 10.9. The van der Waals surface area contributed by atoms with E-state index >= 15 is 0 Å². The summed E-state index contributed by atoms with van der Waals surface area (Å²) < 4.78 is 84.1. The van der Waals surface area contributed by atoms with Crippen molar-refractivity contribution in [3.8, 4) is 0 Å². The second-order valence-corrected chi connectivity index (χ2v) is 17.3. The van der Waals surface area contributed by atoms with Gasteiger partial charge in [-0.25, -0.2) is 0 Å². The van der Waals surface area contributed by atoms with Gasteiger partial charge in [0.05, 0.1) is 43.3 Å². The maximum Gasteiger partial charge on any atom is 0.272 e. The monoisotopic (exact) mass is 797 g/mol. The Morgan fingerprint density at radius 1 is 0.532 bits per heavy atom. The van der Waals surface area contributed by atoms with E-state index in [4.69, 9.17) is 0 Å². The van der Waals surface area contributed by atoms with E-state index in [0.717, 1.165) is 24.0 Å². The number of rotatable bonds is 19. The Bertz CT molecular complexity index is 1340. The molecule has 0 amide bonds. The first-order valence-electron chi connectivity index (χ1n) is 12.4. The molecule has 0 spiro atoms. The Morgan fingerprint density at radius 2 is 0.872 bits per heavy atom. The lowest BCUT2D eigenvalue weighted by Crippen LogP contribution is -2.19. The minimum atomic E-state index is -5.61. The molecule has 0 aromatic rings. The summed E-state index contributed by atoms with van der Waals surface area (Å²) >= 11 is 0. The highest BCUT2D eigenvalue weighted by Gasteiger charge is 2.12. The van der Waals surface area contributed by atoms with E-state index in [1.54, 1.807) is 27.7 Å². The van der Waals surface area contributed by atoms with Gasteiger partial charge in [0.25, 0.3) is 23.5 Å². The highest BCUT2D eigenvalue weighted by atomic mass is 31.3. The van der Waals surface area contributed by atoms with Crippen LogP contribution in [-0.4, -0.2) is 19.8 Å². The SMILES string of the molecule is C=C(C)CCOP(=O)([O-])OP(=O)([O-])[O-].CC(C)=CCC/C(C)=C/COP(=O)([O-])OP(=O)([O-])[O-].CC(C)=CCOP(=O)([O-])OP(=O)([O-])[O-]. The van der Waals surface area contributed by atoms with Crippen LogP contribution in [0.5, 0.6) is 0 Å². The zero-order chi connectivity index (χ0) is 37.9. The van der Waals surface area contributed by atoms with Crippen molar-refractivity contribution in [1.29, 1.82) is 0 Å². The molecule has 0 radical (unpaired) electrons. The smallest absolute Gasteiger partial charge is 0.272 e. The quantitative estimate of drug-likeness (QED) is 0.118. The van der Waals surface area contributed by atoms with Gasteiger partial charge in [0.2, 0.25) is 0 Å². The van der Waals surface area contributed by atoms with Crippen LogP contribution in [0.25, 0.3) is 0 Å². The second-order valence-electron chi connectivity index (χ2n) is 9.21. The van der Waals surface area contributed by atoms with E-state index < -0.39 is 46.9 Å². The summed E-state index contributed by atoms with van der Waals surface area (Å²) in [6.07, 6.45) is 6.65. The van der Waals surface area contributed by atoms with Crippen LogP contribution < -0.4 is 44.0 Å². The molecule has 47 heavy (non-hydrogen) atoms. The van der Waals surface area contributed by atoms with E-state index in [1.807, 2.05) is 19.9 Å². The fourth-order valence-electron chi connectivity index (χ4n) is 2.03. The summed E-state index contributed by atoms with van der Waals surface area (Å²) in [4.78, 5) is 92.1. The maximum atomic E-state index is 10.9. The molecule has 0 saturated heterocycles. The van der Waals surface area contributed by atoms with Crippen molar-refractivity contribution < 1.29 is 97.9 Å². The van der Waals surface area contributed by atoms with Gasteiger partial charge in [0, 0.05) is 0 Å². The summed E-state index contributed by atoms with van der Waals surface area (Å²) in [6.45, 7) is 13.1. The van der Waals surface area contributed by atoms with Crippen LogP contribution in [-0.2, 0) is 53.9 Å². The van der Waals surface area contributed by atoms with Crippen LogP contribution in [0.2, 0.25) is 0 Å². The zero-order valence-electron chi connectivity index (χ0n) is 25.9. The Hall–Kier alpha value is -0.260. The number of hydrogen-bond acceptors (Lipinski definition) is 21. The molecule has 21 nitrogen and oxygen atoms in total. The normalized spacial score (nSPS) is 16.1. The van der Waals surface area contributed by atoms with Crippen LogP contribution in [0, 0.1) is 0 Å². The topological polar surface area (TPSA) is 365 Å². The van der Waals surface area contributed by atoms with Crippen molar-refractivity contribution in [2.45, 2.75) is 60.8 Å². The second kappa shape index (κ2) is 23.3. The summed E-state index contributed by atoms with van der Waals surface area (Å²) in [6, 6.07) is 0. The summed E-state index contributed by atoms with van der Waals surface area (Å²) in [5.74, 6) is 0. The number of allylic oxidation sites excluding steroid dienone is 4. The van der Waals surface area contributed by atoms with Gasteiger partial charge in [0.1, 0.15) is 0 Å². The van der Waals surface area contributed by atoms with Gasteiger partial charge in [-0.15, -0.1) is 6.58 Å². The van der Waals surface area contributed by atoms with Gasteiger partial charge >= 0.3 is 0 Å². The lowest BCUT2D eigenvalue weighted by molar-refractivity contribution is -0.342. The molecule has 0 aromatic carbocycles. The molecule has 0 N–H and O–H groups in total. The first-order valence-corrected chi connectivity index (χ1v) is 21.2. The van der Waals surface area contributed by atoms with Crippen LogP contribution >= 0.6 is 46.9 Å². The highest BCUT2D eigenvalue weighted by molar-refractivity contribution is 7.59. The summed E-state index contributed by atoms with van der Waals surface area (Å²) in [7, 11) is -32.0. The lowest BCUT2D eigenvalue weighted by atomic mass is 10.1. The highest BCUT2D eigenvalue weighted by Crippen LogP contribution is 2.51. The molecular formula is C20H35O21P6-9. The molecule has 0 aliphatic carbocycles. The fraction of sp³-hybridized carbons (Fsp3) is 0.600. The van der Waals surface area contributed by atoms with E-state index in [2.05, 4.69) is 33.1 Å². The van der Waals surface area contributed by atoms with Gasteiger partial charge in [-0.1, -0.05) is 40.5 Å². The van der Waals surface area contributed by atoms with Gasteiger partial charge in [-0.05, 0) is 60.8 Å². The Balaban J connectivity index is -0.000000630. The average molecular weight is 797 g/mol. The van der Waals surface area contributed by atoms with Crippen molar-refractivity contribution in [3.63, 3.8) is 0 Å². The van der Waals surface area contributed by atoms with Gasteiger partial charge in [-0.3, -0.25) is 26.6 Å². The summed E-state index contributed by atoms with van der Waals surface area (Å²) in [5.41, 5.74) is 3.49. The van der Waals surface area contributed by atoms with Crippen molar-refractivity contribution in [3.05, 3.63) is 47.1 Å². The van der Waals surface area contributed by atoms with Gasteiger partial charge in [-0.2, -0.15) is 0 Å². The standard InChI is InChI=1S/C10H20O7P2.2C5H12O7P2/c1-9(2)5-4-6-10(3)7-8-16-19(14,15)17-18(11,12)13;2*1-5(2)3-4-11-14(9,10)12-13(6,7)8/h5,7H,4,6,8H2,1-3H3,(H,14,15)(H2,11,12,13);3H,4H2,1-2H3,(H,9,10)(H2,6,7,8);1,3-4H2,2H3,(H,9,10)(H2,6,7,8)/p-9/b10-7+;;. The third-order valence-electron chi connectivity index (χ3n) is 3.86. The molecule has 0 aromatic heterocycles. The number of phosphoric acid groups is 6. The van der Waals surface area contributed by atoms with Crippen molar-refractivity contribution in [2.75, 3.05) is 19.8 Å². The summed E-state index contributed by atoms with van der Waals surface area (Å²) in [5, 5.41) is 0. The van der Waals surface area contributed by atoms with Crippen LogP contribution in [0.3, 0.4) is 0 Å². The number of phosphoric ester groups is 3. The van der Waals surface area contributed by atoms with E-state index in [-0.39, 0.29) is 26.2 Å². The average Bonchev–Trinajstić information content (AvgIpc) is 2.73. The predicted octanol–water partition coefficient (Wildman–Crippen LogP) is -0.425. The van der Waals surface area contributed by atoms with Crippen LogP contribution in [0.15, 0.2) is 47.1 Å². The van der Waals surface area contributed by atoms with Gasteiger partial charge < -0.3 is 71.3 Å². The molecule has 27 heteroatoms. The first-order chi connectivity index (χ1) is 20.8. The third kappa shape index (κ3) is 43.7. The number of hydrogen-bond donors (Lipinski definition) is 0. The Labute approximate surface area is 272 Å². The molecule has 0 heterocycles. The molecular weight excluding hydrogens is 762 g/mol. The molecule has 0 rings (SSSR count). The Morgan fingerprint density at radius 3 is 1.19 bits per heavy atom. The minimum absolute atomic E-state index is 0.220. The van der Waals surface area contributed by atoms with Crippen molar-refractivity contribution in [2.24, 2.45) is 0 Å². The molecule has 0 aliphatic rings. The molecule has 0 fully saturated rings. The van der Waals surface area contributed by atoms with Gasteiger partial charge in [0.15, 0.2) is 0 Å². The fourth-order valence-corrected chi connectivity index (χ4v) is 6.36. The van der Waals surface area contributed by atoms with E-state index in [9.17, 15) is 71.4 Å². The molecule has 0 bridgehead atoms. The van der Waals surface area contributed by atoms with Crippen LogP contribution in [0.4, 0.5) is 0 Å². The van der Waals surface area contributed by atoms with Crippen LogP contribution in [0.1, 0.15) is 60.8 Å². The molecule has 0 aliphatic heterocycles. The minimum Gasteiger partial charge on any atom is -0.790 e. The molecule has 0 saturated carbocycles. The van der Waals surface area contributed by atoms with Crippen molar-refractivity contribution in [1.82, 2.24) is 0 Å². The molecule has 3 unspecified atom stereocenters. The Kier molecular flexibility index (Phi) is 25.3. The first kappa shape index (κ1) is 51.1. The van der Waals surface area contributed by atoms with E-state index in [1.165, 1.54) is 17.7 Å². The third-order valence-corrected chi connectivity index (χ3v) is 10.1. The van der Waals surface area contributed by atoms with E-state index in [0.29, 0.717) is 5.57 Å². The molecule has 3 atom stereocenters. The predicted molar refractivity (Wildman–Crippen MR) is 148 cm³/mol. The lowest BCUT2D eigenvalue weighted by Gasteiger charge is -2.35.